The molecule has 0 saturated heterocycles. The number of rotatable bonds is 8. The molecule has 0 aromatic heterocycles. The van der Waals surface area contributed by atoms with Crippen LogP contribution in [-0.2, 0) is 13.6 Å². The summed E-state index contributed by atoms with van der Waals surface area (Å²) >= 11 is 0. The zero-order chi connectivity index (χ0) is 18.3. The van der Waals surface area contributed by atoms with Gasteiger partial charge >= 0.3 is 7.60 Å². The van der Waals surface area contributed by atoms with Crippen LogP contribution in [0.2, 0.25) is 0 Å². The minimum atomic E-state index is -3.61. The van der Waals surface area contributed by atoms with E-state index in [9.17, 15) is 13.3 Å². The summed E-state index contributed by atoms with van der Waals surface area (Å²) in [4.78, 5) is 4.35. The Balaban J connectivity index is 2.41. The van der Waals surface area contributed by atoms with Gasteiger partial charge in [0.2, 0.25) is 0 Å². The van der Waals surface area contributed by atoms with E-state index in [-0.39, 0.29) is 19.0 Å². The largest absolute Gasteiger partial charge is 0.359 e. The van der Waals surface area contributed by atoms with Crippen molar-refractivity contribution < 1.29 is 22.4 Å². The fraction of sp³-hybridized carbons (Fsp3) is 0.278. The second kappa shape index (κ2) is 8.99. The number of nitrogens with zero attached hydrogens (tertiary/aromatic N) is 1. The molecule has 2 rings (SSSR count). The fourth-order valence-corrected chi connectivity index (χ4v) is 4.07. The Morgan fingerprint density at radius 2 is 1.44 bits per heavy atom. The van der Waals surface area contributed by atoms with Crippen LogP contribution in [0.5, 0.6) is 0 Å². The first kappa shape index (κ1) is 19.4. The molecule has 1 atom stereocenters. The van der Waals surface area contributed by atoms with Gasteiger partial charge in [-0.1, -0.05) is 24.3 Å². The first-order chi connectivity index (χ1) is 12.0. The highest BCUT2D eigenvalue weighted by atomic mass is 31.2. The van der Waals surface area contributed by atoms with Crippen molar-refractivity contribution >= 4 is 13.8 Å². The lowest BCUT2D eigenvalue weighted by atomic mass is 10.2. The lowest BCUT2D eigenvalue weighted by Crippen LogP contribution is -2.06. The van der Waals surface area contributed by atoms with E-state index in [1.165, 1.54) is 42.6 Å². The predicted molar refractivity (Wildman–Crippen MR) is 94.0 cm³/mol. The van der Waals surface area contributed by atoms with E-state index in [1.807, 2.05) is 0 Å². The van der Waals surface area contributed by atoms with E-state index in [1.54, 1.807) is 26.0 Å². The summed E-state index contributed by atoms with van der Waals surface area (Å²) < 4.78 is 50.2. The van der Waals surface area contributed by atoms with Gasteiger partial charge in [0.15, 0.2) is 5.78 Å². The standard InChI is InChI=1S/C18H20F2NO3P/c1-3-23-25(22,24-4-2)18(15-7-11-17(20)12-8-15)21-13-14-5-9-16(19)10-6-14/h5-13,18H,3-4H2,1-2H3/b21-13+. The molecule has 2 aromatic rings. The lowest BCUT2D eigenvalue weighted by molar-refractivity contribution is 0.212. The number of hydrogen-bond donors (Lipinski definition) is 0. The molecule has 4 nitrogen and oxygen atoms in total. The molecule has 7 heteroatoms. The summed E-state index contributed by atoms with van der Waals surface area (Å²) in [6, 6.07) is 11.2. The summed E-state index contributed by atoms with van der Waals surface area (Å²) in [5, 5.41) is 0. The highest BCUT2D eigenvalue weighted by Crippen LogP contribution is 2.61. The van der Waals surface area contributed by atoms with Gasteiger partial charge in [-0.2, -0.15) is 0 Å². The Morgan fingerprint density at radius 1 is 0.960 bits per heavy atom. The van der Waals surface area contributed by atoms with Crippen molar-refractivity contribution in [1.29, 1.82) is 0 Å². The molecule has 1 unspecified atom stereocenters. The maximum absolute atomic E-state index is 13.2. The Morgan fingerprint density at radius 3 is 1.92 bits per heavy atom. The average molecular weight is 367 g/mol. The quantitative estimate of drug-likeness (QED) is 0.467. The van der Waals surface area contributed by atoms with Gasteiger partial charge in [0.05, 0.1) is 13.2 Å². The number of halogens is 2. The molecule has 0 fully saturated rings. The van der Waals surface area contributed by atoms with Crippen molar-refractivity contribution in [2.45, 2.75) is 19.6 Å². The van der Waals surface area contributed by atoms with Crippen LogP contribution in [-0.4, -0.2) is 19.4 Å². The monoisotopic (exact) mass is 367 g/mol. The lowest BCUT2D eigenvalue weighted by Gasteiger charge is -2.23. The molecule has 0 radical (unpaired) electrons. The van der Waals surface area contributed by atoms with E-state index in [2.05, 4.69) is 4.99 Å². The third-order valence-corrected chi connectivity index (χ3v) is 5.59. The van der Waals surface area contributed by atoms with Gasteiger partial charge in [0.1, 0.15) is 11.6 Å². The van der Waals surface area contributed by atoms with E-state index < -0.39 is 19.2 Å². The van der Waals surface area contributed by atoms with E-state index in [0.717, 1.165) is 0 Å². The van der Waals surface area contributed by atoms with Crippen LogP contribution in [0.1, 0.15) is 30.8 Å². The first-order valence-electron chi connectivity index (χ1n) is 7.91. The summed E-state index contributed by atoms with van der Waals surface area (Å²) in [5.41, 5.74) is 1.14. The number of hydrogen-bond acceptors (Lipinski definition) is 4. The van der Waals surface area contributed by atoms with Crippen LogP contribution in [0.25, 0.3) is 0 Å². The second-order valence-electron chi connectivity index (χ2n) is 5.13. The molecular weight excluding hydrogens is 347 g/mol. The molecule has 0 amide bonds. The second-order valence-corrected chi connectivity index (χ2v) is 7.22. The minimum Gasteiger partial charge on any atom is -0.307 e. The average Bonchev–Trinajstić information content (AvgIpc) is 2.58. The SMILES string of the molecule is CCOP(=O)(OCC)C(/N=C/c1ccc(F)cc1)c1ccc(F)cc1. The van der Waals surface area contributed by atoms with Gasteiger partial charge in [-0.3, -0.25) is 9.56 Å². The van der Waals surface area contributed by atoms with Crippen molar-refractivity contribution in [3.63, 3.8) is 0 Å². The molecule has 0 bridgehead atoms. The summed E-state index contributed by atoms with van der Waals surface area (Å²) in [7, 11) is -3.61. The van der Waals surface area contributed by atoms with Gasteiger partial charge in [0.25, 0.3) is 0 Å². The maximum atomic E-state index is 13.2. The normalized spacial score (nSPS) is 13.3. The Bertz CT molecular complexity index is 738. The molecular formula is C18H20F2NO3P. The fourth-order valence-electron chi connectivity index (χ4n) is 2.23. The van der Waals surface area contributed by atoms with Crippen molar-refractivity contribution in [2.24, 2.45) is 4.99 Å². The van der Waals surface area contributed by atoms with Crippen molar-refractivity contribution in [1.82, 2.24) is 0 Å². The van der Waals surface area contributed by atoms with Crippen molar-refractivity contribution in [3.05, 3.63) is 71.3 Å². The molecule has 25 heavy (non-hydrogen) atoms. The van der Waals surface area contributed by atoms with Gasteiger partial charge in [-0.25, -0.2) is 8.78 Å². The highest BCUT2D eigenvalue weighted by molar-refractivity contribution is 7.54. The van der Waals surface area contributed by atoms with Crippen LogP contribution in [0.4, 0.5) is 8.78 Å². The van der Waals surface area contributed by atoms with E-state index in [4.69, 9.17) is 9.05 Å². The topological polar surface area (TPSA) is 47.9 Å². The van der Waals surface area contributed by atoms with Crippen LogP contribution in [0.3, 0.4) is 0 Å². The highest BCUT2D eigenvalue weighted by Gasteiger charge is 2.36. The number of benzene rings is 2. The minimum absolute atomic E-state index is 0.182. The van der Waals surface area contributed by atoms with Crippen molar-refractivity contribution in [3.8, 4) is 0 Å². The van der Waals surface area contributed by atoms with E-state index >= 15 is 0 Å². The number of aliphatic imine (C=N–C) groups is 1. The first-order valence-corrected chi connectivity index (χ1v) is 9.52. The van der Waals surface area contributed by atoms with Crippen LogP contribution in [0.15, 0.2) is 53.5 Å². The summed E-state index contributed by atoms with van der Waals surface area (Å²) in [6.07, 6.45) is 1.47. The third kappa shape index (κ3) is 5.30. The van der Waals surface area contributed by atoms with E-state index in [0.29, 0.717) is 11.1 Å². The van der Waals surface area contributed by atoms with Crippen LogP contribution < -0.4 is 0 Å². The van der Waals surface area contributed by atoms with Gasteiger partial charge in [-0.15, -0.1) is 0 Å². The molecule has 0 heterocycles. The predicted octanol–water partition coefficient (Wildman–Crippen LogP) is 5.35. The molecule has 2 aromatic carbocycles. The summed E-state index contributed by atoms with van der Waals surface area (Å²) in [6.45, 7) is 3.77. The zero-order valence-corrected chi connectivity index (χ0v) is 15.0. The zero-order valence-electron chi connectivity index (χ0n) is 14.1. The van der Waals surface area contributed by atoms with Crippen LogP contribution >= 0.6 is 7.60 Å². The molecule has 0 spiro atoms. The Hall–Kier alpha value is -1.88. The molecule has 134 valence electrons. The molecule has 0 aliphatic rings. The smallest absolute Gasteiger partial charge is 0.307 e. The molecule has 0 saturated carbocycles. The van der Waals surface area contributed by atoms with Gasteiger partial charge < -0.3 is 9.05 Å². The molecule has 0 aliphatic carbocycles. The third-order valence-electron chi connectivity index (χ3n) is 3.32. The Kier molecular flexibility index (Phi) is 7.00. The van der Waals surface area contributed by atoms with Crippen molar-refractivity contribution in [2.75, 3.05) is 13.2 Å². The maximum Gasteiger partial charge on any atom is 0.359 e. The summed E-state index contributed by atoms with van der Waals surface area (Å²) in [5.74, 6) is -1.72. The molecule has 0 aliphatic heterocycles. The van der Waals surface area contributed by atoms with Crippen LogP contribution in [0, 0.1) is 11.6 Å². The Labute approximate surface area is 146 Å². The van der Waals surface area contributed by atoms with Gasteiger partial charge in [0, 0.05) is 6.21 Å². The van der Waals surface area contributed by atoms with Gasteiger partial charge in [-0.05, 0) is 49.2 Å². The molecule has 0 N–H and O–H groups in total.